The zero-order chi connectivity index (χ0) is 18.9. The van der Waals surface area contributed by atoms with Crippen LogP contribution in [0.1, 0.15) is 15.9 Å². The summed E-state index contributed by atoms with van der Waals surface area (Å²) in [5.41, 5.74) is 0.556. The highest BCUT2D eigenvalue weighted by molar-refractivity contribution is 6.11. The Morgan fingerprint density at radius 3 is 2.50 bits per heavy atom. The van der Waals surface area contributed by atoms with Gasteiger partial charge < -0.3 is 15.2 Å². The third-order valence-electron chi connectivity index (χ3n) is 3.33. The second-order valence-electron chi connectivity index (χ2n) is 5.14. The predicted molar refractivity (Wildman–Crippen MR) is 97.8 cm³/mol. The van der Waals surface area contributed by atoms with Crippen LogP contribution < -0.4 is 10.1 Å². The number of anilines is 1. The van der Waals surface area contributed by atoms with Crippen LogP contribution in [0.5, 0.6) is 5.75 Å². The maximum atomic E-state index is 12.3. The molecule has 0 fully saturated rings. The molecule has 0 bridgehead atoms. The average Bonchev–Trinajstić information content (AvgIpc) is 2.65. The van der Waals surface area contributed by atoms with Crippen molar-refractivity contribution < 1.29 is 19.4 Å². The van der Waals surface area contributed by atoms with Gasteiger partial charge in [0.05, 0.1) is 11.3 Å². The van der Waals surface area contributed by atoms with E-state index < -0.39 is 11.9 Å². The van der Waals surface area contributed by atoms with E-state index in [-0.39, 0.29) is 16.8 Å². The largest absolute Gasteiger partial charge is 0.490 e. The van der Waals surface area contributed by atoms with E-state index in [0.717, 1.165) is 0 Å². The van der Waals surface area contributed by atoms with Crippen LogP contribution >= 0.6 is 0 Å². The molecule has 0 aromatic heterocycles. The molecule has 6 nitrogen and oxygen atoms in total. The molecule has 2 rings (SSSR count). The third kappa shape index (κ3) is 4.82. The number of amides is 1. The second-order valence-corrected chi connectivity index (χ2v) is 5.14. The van der Waals surface area contributed by atoms with Crippen molar-refractivity contribution in [3.8, 4) is 11.8 Å². The number of nitrogens with zero attached hydrogens (tertiary/aromatic N) is 1. The summed E-state index contributed by atoms with van der Waals surface area (Å²) in [5.74, 6) is -1.22. The van der Waals surface area contributed by atoms with Gasteiger partial charge in [-0.15, -0.1) is 0 Å². The molecule has 2 aromatic carbocycles. The zero-order valence-corrected chi connectivity index (χ0v) is 13.8. The molecular weight excluding hydrogens is 332 g/mol. The monoisotopic (exact) mass is 348 g/mol. The first-order valence-corrected chi connectivity index (χ1v) is 7.64. The number of nitrogens with one attached hydrogen (secondary N) is 1. The van der Waals surface area contributed by atoms with Crippen molar-refractivity contribution in [1.29, 1.82) is 5.26 Å². The Labute approximate surface area is 150 Å². The van der Waals surface area contributed by atoms with Crippen LogP contribution in [0.3, 0.4) is 0 Å². The van der Waals surface area contributed by atoms with Gasteiger partial charge in [0.15, 0.2) is 0 Å². The van der Waals surface area contributed by atoms with Crippen molar-refractivity contribution in [1.82, 2.24) is 0 Å². The molecule has 0 radical (unpaired) electrons. The minimum Gasteiger partial charge on any atom is -0.490 e. The molecule has 130 valence electrons. The summed E-state index contributed by atoms with van der Waals surface area (Å²) in [7, 11) is 0. The van der Waals surface area contributed by atoms with Gasteiger partial charge in [-0.2, -0.15) is 5.26 Å². The molecule has 6 heteroatoms. The molecule has 0 aliphatic heterocycles. The average molecular weight is 348 g/mol. The summed E-state index contributed by atoms with van der Waals surface area (Å²) >= 11 is 0. The van der Waals surface area contributed by atoms with E-state index in [1.807, 2.05) is 6.07 Å². The third-order valence-corrected chi connectivity index (χ3v) is 3.33. The number of nitriles is 1. The van der Waals surface area contributed by atoms with Gasteiger partial charge in [0, 0.05) is 0 Å². The molecule has 0 heterocycles. The highest BCUT2D eigenvalue weighted by Gasteiger charge is 2.14. The Hall–Kier alpha value is -3.85. The highest BCUT2D eigenvalue weighted by Crippen LogP contribution is 2.18. The van der Waals surface area contributed by atoms with E-state index in [1.54, 1.807) is 42.5 Å². The summed E-state index contributed by atoms with van der Waals surface area (Å²) in [6, 6.07) is 14.6. The number of aromatic carboxylic acids is 1. The summed E-state index contributed by atoms with van der Waals surface area (Å²) in [6.07, 6.45) is 3.04. The van der Waals surface area contributed by atoms with E-state index in [1.165, 1.54) is 18.2 Å². The summed E-state index contributed by atoms with van der Waals surface area (Å²) in [4.78, 5) is 23.5. The lowest BCUT2D eigenvalue weighted by Gasteiger charge is -2.07. The Kier molecular flexibility index (Phi) is 6.29. The molecule has 0 saturated carbocycles. The highest BCUT2D eigenvalue weighted by atomic mass is 16.5. The summed E-state index contributed by atoms with van der Waals surface area (Å²) in [5, 5.41) is 20.9. The molecule has 2 aromatic rings. The summed E-state index contributed by atoms with van der Waals surface area (Å²) < 4.78 is 5.36. The number of hydrogen-bond acceptors (Lipinski definition) is 4. The van der Waals surface area contributed by atoms with Crippen molar-refractivity contribution in [2.24, 2.45) is 0 Å². The topological polar surface area (TPSA) is 99.4 Å². The van der Waals surface area contributed by atoms with Crippen molar-refractivity contribution >= 4 is 23.6 Å². The van der Waals surface area contributed by atoms with Gasteiger partial charge in [-0.05, 0) is 35.9 Å². The molecule has 0 saturated heterocycles. The van der Waals surface area contributed by atoms with E-state index in [0.29, 0.717) is 17.9 Å². The molecule has 0 aliphatic rings. The number of benzene rings is 2. The molecule has 0 unspecified atom stereocenters. The van der Waals surface area contributed by atoms with Gasteiger partial charge in [-0.3, -0.25) is 4.79 Å². The van der Waals surface area contributed by atoms with Gasteiger partial charge in [0.25, 0.3) is 5.91 Å². The smallest absolute Gasteiger partial charge is 0.337 e. The molecule has 0 spiro atoms. The van der Waals surface area contributed by atoms with Gasteiger partial charge in [-0.25, -0.2) is 4.79 Å². The normalized spacial score (nSPS) is 10.5. The number of carbonyl (C=O) groups is 2. The Morgan fingerprint density at radius 1 is 1.19 bits per heavy atom. The van der Waals surface area contributed by atoms with Crippen LogP contribution in [-0.4, -0.2) is 23.6 Å². The molecule has 0 atom stereocenters. The number of carboxylic acid groups (broad SMARTS) is 1. The first-order chi connectivity index (χ1) is 12.5. The standard InChI is InChI=1S/C20H16N2O4/c1-2-11-26-16-9-7-14(8-10-16)12-15(13-21)19(23)22-18-6-4-3-5-17(18)20(24)25/h2-10,12H,1,11H2,(H,22,23)(H,24,25)/b15-12-. The van der Waals surface area contributed by atoms with Crippen molar-refractivity contribution in [2.45, 2.75) is 0 Å². The number of ether oxygens (including phenoxy) is 1. The zero-order valence-electron chi connectivity index (χ0n) is 13.8. The Balaban J connectivity index is 2.18. The Morgan fingerprint density at radius 2 is 1.88 bits per heavy atom. The number of carbonyl (C=O) groups excluding carboxylic acids is 1. The quantitative estimate of drug-likeness (QED) is 0.453. The maximum Gasteiger partial charge on any atom is 0.337 e. The van der Waals surface area contributed by atoms with E-state index in [4.69, 9.17) is 9.84 Å². The van der Waals surface area contributed by atoms with Crippen molar-refractivity contribution in [3.63, 3.8) is 0 Å². The first kappa shape index (κ1) is 18.5. The van der Waals surface area contributed by atoms with Crippen LogP contribution in [0.15, 0.2) is 66.8 Å². The minimum absolute atomic E-state index is 0.0538. The molecular formula is C20H16N2O4. The lowest BCUT2D eigenvalue weighted by Crippen LogP contribution is -2.16. The van der Waals surface area contributed by atoms with Gasteiger partial charge in [-0.1, -0.05) is 36.9 Å². The van der Waals surface area contributed by atoms with Crippen LogP contribution in [0.4, 0.5) is 5.69 Å². The van der Waals surface area contributed by atoms with Crippen LogP contribution in [-0.2, 0) is 4.79 Å². The molecule has 26 heavy (non-hydrogen) atoms. The molecule has 2 N–H and O–H groups in total. The van der Waals surface area contributed by atoms with E-state index >= 15 is 0 Å². The Bertz CT molecular complexity index is 893. The number of carboxylic acids is 1. The van der Waals surface area contributed by atoms with Crippen LogP contribution in [0, 0.1) is 11.3 Å². The fourth-order valence-electron chi connectivity index (χ4n) is 2.10. The van der Waals surface area contributed by atoms with E-state index in [9.17, 15) is 14.9 Å². The lowest BCUT2D eigenvalue weighted by molar-refractivity contribution is -0.112. The van der Waals surface area contributed by atoms with Crippen molar-refractivity contribution in [3.05, 3.63) is 77.9 Å². The van der Waals surface area contributed by atoms with Crippen molar-refractivity contribution in [2.75, 3.05) is 11.9 Å². The second kappa shape index (κ2) is 8.85. The van der Waals surface area contributed by atoms with Crippen LogP contribution in [0.25, 0.3) is 6.08 Å². The number of para-hydroxylation sites is 1. The fraction of sp³-hybridized carbons (Fsp3) is 0.0500. The van der Waals surface area contributed by atoms with Gasteiger partial charge in [0.1, 0.15) is 24.0 Å². The predicted octanol–water partition coefficient (Wildman–Crippen LogP) is 3.50. The maximum absolute atomic E-state index is 12.3. The number of hydrogen-bond donors (Lipinski definition) is 2. The SMILES string of the molecule is C=CCOc1ccc(/C=C(/C#N)C(=O)Nc2ccccc2C(=O)O)cc1. The lowest BCUT2D eigenvalue weighted by atomic mass is 10.1. The van der Waals surface area contributed by atoms with Crippen LogP contribution in [0.2, 0.25) is 0 Å². The van der Waals surface area contributed by atoms with E-state index in [2.05, 4.69) is 11.9 Å². The van der Waals surface area contributed by atoms with Gasteiger partial charge in [0.2, 0.25) is 0 Å². The molecule has 0 aliphatic carbocycles. The first-order valence-electron chi connectivity index (χ1n) is 7.64. The number of rotatable bonds is 7. The minimum atomic E-state index is -1.17. The van der Waals surface area contributed by atoms with Gasteiger partial charge >= 0.3 is 5.97 Å². The summed E-state index contributed by atoms with van der Waals surface area (Å²) in [6.45, 7) is 3.94. The fourth-order valence-corrected chi connectivity index (χ4v) is 2.10. The molecule has 1 amide bonds.